The van der Waals surface area contributed by atoms with Gasteiger partial charge in [0.15, 0.2) is 0 Å². The topological polar surface area (TPSA) is 74.6 Å². The summed E-state index contributed by atoms with van der Waals surface area (Å²) >= 11 is 1.93. The van der Waals surface area contributed by atoms with Crippen molar-refractivity contribution in [1.82, 2.24) is 0 Å². The van der Waals surface area contributed by atoms with Gasteiger partial charge in [0.1, 0.15) is 11.2 Å². The molecule has 0 aromatic heterocycles. The third kappa shape index (κ3) is 2.85. The van der Waals surface area contributed by atoms with Crippen LogP contribution in [0.2, 0.25) is 0 Å². The van der Waals surface area contributed by atoms with E-state index in [0.717, 1.165) is 0 Å². The highest BCUT2D eigenvalue weighted by Crippen LogP contribution is 2.39. The Labute approximate surface area is 134 Å². The molecule has 110 valence electrons. The number of aliphatic carboxylic acids is 2. The van der Waals surface area contributed by atoms with Crippen molar-refractivity contribution < 1.29 is 24.2 Å². The highest BCUT2D eigenvalue weighted by atomic mass is 127. The van der Waals surface area contributed by atoms with E-state index in [0.29, 0.717) is 9.14 Å². The van der Waals surface area contributed by atoms with Gasteiger partial charge in [-0.2, -0.15) is 0 Å². The molecule has 0 spiro atoms. The summed E-state index contributed by atoms with van der Waals surface area (Å²) in [5, 5.41) is 18.8. The summed E-state index contributed by atoms with van der Waals surface area (Å²) in [7, 11) is 0. The molecular weight excluding hydrogens is 390 g/mol. The van der Waals surface area contributed by atoms with E-state index < -0.39 is 23.2 Å². The van der Waals surface area contributed by atoms with Gasteiger partial charge < -0.3 is 10.2 Å². The van der Waals surface area contributed by atoms with Gasteiger partial charge in [-0.15, -0.1) is 0 Å². The molecule has 2 rings (SSSR count). The first-order valence-corrected chi connectivity index (χ1v) is 7.16. The Morgan fingerprint density at radius 1 is 1.33 bits per heavy atom. The predicted molar refractivity (Wildman–Crippen MR) is 82.5 cm³/mol. The summed E-state index contributed by atoms with van der Waals surface area (Å²) < 4.78 is 14.9. The van der Waals surface area contributed by atoms with Gasteiger partial charge in [0.2, 0.25) is 0 Å². The van der Waals surface area contributed by atoms with Crippen molar-refractivity contribution in [2.24, 2.45) is 0 Å². The van der Waals surface area contributed by atoms with Crippen molar-refractivity contribution in [1.29, 1.82) is 0 Å². The molecule has 0 radical (unpaired) electrons. The number of carboxylic acids is 2. The molecule has 4 nitrogen and oxygen atoms in total. The SMILES string of the molecule is CC1=CC(C(=O)O)(c2ccc(I)cc2F)CC(C(=O)O)=C1. The zero-order valence-corrected chi connectivity index (χ0v) is 13.2. The smallest absolute Gasteiger partial charge is 0.331 e. The lowest BCUT2D eigenvalue weighted by Gasteiger charge is -2.30. The monoisotopic (exact) mass is 402 g/mol. The van der Waals surface area contributed by atoms with Gasteiger partial charge in [-0.1, -0.05) is 17.7 Å². The maximum absolute atomic E-state index is 14.2. The number of benzene rings is 1. The average Bonchev–Trinajstić information content (AvgIpc) is 2.37. The lowest BCUT2D eigenvalue weighted by Crippen LogP contribution is -2.38. The van der Waals surface area contributed by atoms with Gasteiger partial charge in [-0.05, 0) is 47.7 Å². The molecule has 1 aromatic carbocycles. The number of allylic oxidation sites excluding steroid dienone is 2. The Kier molecular flexibility index (Phi) is 4.18. The molecular formula is C15H12FIO4. The Morgan fingerprint density at radius 2 is 2.00 bits per heavy atom. The van der Waals surface area contributed by atoms with E-state index in [2.05, 4.69) is 0 Å². The molecule has 0 bridgehead atoms. The molecule has 0 saturated heterocycles. The highest BCUT2D eigenvalue weighted by Gasteiger charge is 2.44. The van der Waals surface area contributed by atoms with Crippen LogP contribution in [0.15, 0.2) is 41.5 Å². The number of hydrogen-bond donors (Lipinski definition) is 2. The van der Waals surface area contributed by atoms with E-state index in [1.54, 1.807) is 13.0 Å². The third-order valence-corrected chi connectivity index (χ3v) is 4.08. The van der Waals surface area contributed by atoms with E-state index >= 15 is 0 Å². The van der Waals surface area contributed by atoms with E-state index in [9.17, 15) is 19.1 Å². The first-order chi connectivity index (χ1) is 9.76. The number of carbonyl (C=O) groups is 2. The van der Waals surface area contributed by atoms with Crippen LogP contribution < -0.4 is 0 Å². The van der Waals surface area contributed by atoms with Gasteiger partial charge in [0.25, 0.3) is 0 Å². The molecule has 1 aliphatic rings. The van der Waals surface area contributed by atoms with E-state index in [1.165, 1.54) is 24.3 Å². The average molecular weight is 402 g/mol. The van der Waals surface area contributed by atoms with Crippen LogP contribution in [0.1, 0.15) is 18.9 Å². The molecule has 2 N–H and O–H groups in total. The minimum absolute atomic E-state index is 0.0263. The molecule has 0 aliphatic heterocycles. The zero-order valence-electron chi connectivity index (χ0n) is 11.1. The summed E-state index contributed by atoms with van der Waals surface area (Å²) in [6.45, 7) is 1.60. The molecule has 1 atom stereocenters. The minimum Gasteiger partial charge on any atom is -0.480 e. The van der Waals surface area contributed by atoms with Crippen LogP contribution in [0.5, 0.6) is 0 Å². The summed E-state index contributed by atoms with van der Waals surface area (Å²) in [6.07, 6.45) is 2.54. The fourth-order valence-electron chi connectivity index (χ4n) is 2.52. The summed E-state index contributed by atoms with van der Waals surface area (Å²) in [5.74, 6) is -3.12. The Morgan fingerprint density at radius 3 is 2.52 bits per heavy atom. The number of halogens is 2. The molecule has 6 heteroatoms. The van der Waals surface area contributed by atoms with E-state index in [-0.39, 0.29) is 17.6 Å². The lowest BCUT2D eigenvalue weighted by molar-refractivity contribution is -0.142. The van der Waals surface area contributed by atoms with Crippen molar-refractivity contribution in [3.63, 3.8) is 0 Å². The molecule has 0 fully saturated rings. The highest BCUT2D eigenvalue weighted by molar-refractivity contribution is 14.1. The van der Waals surface area contributed by atoms with Crippen LogP contribution in [-0.2, 0) is 15.0 Å². The third-order valence-electron chi connectivity index (χ3n) is 3.41. The van der Waals surface area contributed by atoms with Crippen LogP contribution in [0.25, 0.3) is 0 Å². The molecule has 0 heterocycles. The lowest BCUT2D eigenvalue weighted by atomic mass is 9.71. The van der Waals surface area contributed by atoms with Gasteiger partial charge in [-0.3, -0.25) is 4.79 Å². The van der Waals surface area contributed by atoms with Crippen molar-refractivity contribution >= 4 is 34.5 Å². The first kappa shape index (κ1) is 15.7. The predicted octanol–water partition coefficient (Wildman–Crippen LogP) is 3.11. The first-order valence-electron chi connectivity index (χ1n) is 6.08. The molecule has 0 saturated carbocycles. The Hall–Kier alpha value is -1.70. The van der Waals surface area contributed by atoms with Crippen molar-refractivity contribution in [3.05, 3.63) is 56.4 Å². The quantitative estimate of drug-likeness (QED) is 0.763. The van der Waals surface area contributed by atoms with Crippen molar-refractivity contribution in [2.75, 3.05) is 0 Å². The minimum atomic E-state index is -1.69. The fraction of sp³-hybridized carbons (Fsp3) is 0.200. The maximum Gasteiger partial charge on any atom is 0.331 e. The van der Waals surface area contributed by atoms with Gasteiger partial charge in [-0.25, -0.2) is 9.18 Å². The number of rotatable bonds is 3. The number of hydrogen-bond acceptors (Lipinski definition) is 2. The molecule has 1 aromatic rings. The fourth-order valence-corrected chi connectivity index (χ4v) is 2.97. The molecule has 21 heavy (non-hydrogen) atoms. The second-order valence-electron chi connectivity index (χ2n) is 4.94. The zero-order chi connectivity index (χ0) is 15.8. The second-order valence-corrected chi connectivity index (χ2v) is 6.19. The molecule has 0 amide bonds. The largest absolute Gasteiger partial charge is 0.480 e. The molecule has 1 aliphatic carbocycles. The van der Waals surface area contributed by atoms with Gasteiger partial charge in [0.05, 0.1) is 0 Å². The van der Waals surface area contributed by atoms with Crippen molar-refractivity contribution in [3.8, 4) is 0 Å². The Bertz CT molecular complexity index is 693. The van der Waals surface area contributed by atoms with Crippen LogP contribution in [-0.4, -0.2) is 22.2 Å². The van der Waals surface area contributed by atoms with Crippen LogP contribution >= 0.6 is 22.6 Å². The van der Waals surface area contributed by atoms with Crippen LogP contribution in [0.3, 0.4) is 0 Å². The van der Waals surface area contributed by atoms with E-state index in [1.807, 2.05) is 22.6 Å². The van der Waals surface area contributed by atoms with Gasteiger partial charge >= 0.3 is 11.9 Å². The molecule has 1 unspecified atom stereocenters. The van der Waals surface area contributed by atoms with Gasteiger partial charge in [0, 0.05) is 21.1 Å². The second kappa shape index (κ2) is 5.59. The summed E-state index contributed by atoms with van der Waals surface area (Å²) in [6, 6.07) is 4.24. The normalized spacial score (nSPS) is 21.5. The van der Waals surface area contributed by atoms with Crippen LogP contribution in [0.4, 0.5) is 4.39 Å². The number of carboxylic acid groups (broad SMARTS) is 2. The van der Waals surface area contributed by atoms with E-state index in [4.69, 9.17) is 5.11 Å². The maximum atomic E-state index is 14.2. The van der Waals surface area contributed by atoms with Crippen LogP contribution in [0, 0.1) is 9.39 Å². The summed E-state index contributed by atoms with van der Waals surface area (Å²) in [4.78, 5) is 23.0. The standard InChI is InChI=1S/C15H12FIO4/c1-8-4-9(13(18)19)7-15(6-8,14(20)21)11-3-2-10(17)5-12(11)16/h2-6H,7H2,1H3,(H,18,19)(H,20,21). The van der Waals surface area contributed by atoms with Crippen molar-refractivity contribution in [2.45, 2.75) is 18.8 Å². The summed E-state index contributed by atoms with van der Waals surface area (Å²) in [5.41, 5.74) is -1.28. The Balaban J connectivity index is 2.66.